The topological polar surface area (TPSA) is 47.3 Å². The van der Waals surface area contributed by atoms with Gasteiger partial charge in [0.25, 0.3) is 0 Å². The van der Waals surface area contributed by atoms with E-state index in [-0.39, 0.29) is 11.6 Å². The van der Waals surface area contributed by atoms with Gasteiger partial charge in [0.1, 0.15) is 11.5 Å². The molecule has 2 aromatic rings. The van der Waals surface area contributed by atoms with E-state index in [0.717, 1.165) is 10.0 Å². The Morgan fingerprint density at radius 3 is 2.70 bits per heavy atom. The van der Waals surface area contributed by atoms with Crippen molar-refractivity contribution in [3.63, 3.8) is 0 Å². The molecule has 3 nitrogen and oxygen atoms in total. The summed E-state index contributed by atoms with van der Waals surface area (Å²) in [5.74, 6) is 0.404. The Bertz CT molecular complexity index is 727. The van der Waals surface area contributed by atoms with Crippen molar-refractivity contribution in [3.8, 4) is 0 Å². The zero-order chi connectivity index (χ0) is 14.4. The number of furan rings is 1. The number of rotatable bonds is 2. The van der Waals surface area contributed by atoms with Gasteiger partial charge < -0.3 is 4.42 Å². The zero-order valence-electron chi connectivity index (χ0n) is 11.2. The molecule has 0 amide bonds. The summed E-state index contributed by atoms with van der Waals surface area (Å²) in [6.45, 7) is 3.55. The number of halogens is 1. The van der Waals surface area contributed by atoms with Crippen molar-refractivity contribution < 1.29 is 14.0 Å². The molecule has 1 atom stereocenters. The number of hydrogen-bond acceptors (Lipinski definition) is 3. The average molecular weight is 333 g/mol. The van der Waals surface area contributed by atoms with Crippen molar-refractivity contribution in [2.24, 2.45) is 5.92 Å². The van der Waals surface area contributed by atoms with Gasteiger partial charge in [0, 0.05) is 10.0 Å². The highest BCUT2D eigenvalue weighted by Crippen LogP contribution is 2.34. The molecule has 0 saturated carbocycles. The second kappa shape index (κ2) is 4.70. The van der Waals surface area contributed by atoms with E-state index in [1.165, 1.54) is 0 Å². The fraction of sp³-hybridized carbons (Fsp3) is 0.250. The molecule has 102 valence electrons. The van der Waals surface area contributed by atoms with E-state index in [2.05, 4.69) is 15.9 Å². The van der Waals surface area contributed by atoms with Gasteiger partial charge in [-0.1, -0.05) is 28.1 Å². The molecule has 1 aromatic carbocycles. The van der Waals surface area contributed by atoms with Crippen LogP contribution in [0.2, 0.25) is 0 Å². The van der Waals surface area contributed by atoms with Crippen LogP contribution in [0.1, 0.15) is 37.8 Å². The van der Waals surface area contributed by atoms with Gasteiger partial charge in [0.15, 0.2) is 11.6 Å². The minimum atomic E-state index is -0.626. The van der Waals surface area contributed by atoms with Gasteiger partial charge >= 0.3 is 0 Å². The van der Waals surface area contributed by atoms with Gasteiger partial charge in [-0.05, 0) is 38.0 Å². The van der Waals surface area contributed by atoms with E-state index in [0.29, 0.717) is 29.1 Å². The number of aryl methyl sites for hydroxylation is 2. The summed E-state index contributed by atoms with van der Waals surface area (Å²) in [4.78, 5) is 25.0. The number of Topliss-reactive ketones (excluding diaryl/α,β-unsaturated/α-hetero) is 2. The first-order valence-corrected chi connectivity index (χ1v) is 7.21. The Balaban J connectivity index is 1.98. The highest BCUT2D eigenvalue weighted by Gasteiger charge is 2.38. The SMILES string of the molecule is Cc1cc(C(=O)C2Cc3c(Br)cccc3C2=O)c(C)o1. The Hall–Kier alpha value is -1.68. The largest absolute Gasteiger partial charge is 0.466 e. The fourth-order valence-corrected chi connectivity index (χ4v) is 3.28. The highest BCUT2D eigenvalue weighted by atomic mass is 79.9. The Kier molecular flexibility index (Phi) is 3.13. The summed E-state index contributed by atoms with van der Waals surface area (Å²) < 4.78 is 6.28. The van der Waals surface area contributed by atoms with Crippen LogP contribution in [0.5, 0.6) is 0 Å². The molecule has 1 aliphatic rings. The summed E-state index contributed by atoms with van der Waals surface area (Å²) in [6, 6.07) is 7.21. The predicted molar refractivity (Wildman–Crippen MR) is 78.2 cm³/mol. The average Bonchev–Trinajstić information content (AvgIpc) is 2.91. The van der Waals surface area contributed by atoms with Crippen LogP contribution in [0, 0.1) is 19.8 Å². The van der Waals surface area contributed by atoms with E-state index in [4.69, 9.17) is 4.42 Å². The van der Waals surface area contributed by atoms with Crippen LogP contribution in [0.15, 0.2) is 33.2 Å². The molecule has 0 aliphatic heterocycles. The van der Waals surface area contributed by atoms with Gasteiger partial charge in [0.2, 0.25) is 0 Å². The minimum absolute atomic E-state index is 0.0930. The maximum atomic E-state index is 12.6. The standard InChI is InChI=1S/C16H13BrO3/c1-8-6-11(9(2)20-8)16(19)13-7-12-10(15(13)18)4-3-5-14(12)17/h3-6,13H,7H2,1-2H3. The lowest BCUT2D eigenvalue weighted by Gasteiger charge is -2.05. The number of fused-ring (bicyclic) bond motifs is 1. The molecule has 20 heavy (non-hydrogen) atoms. The quantitative estimate of drug-likeness (QED) is 0.619. The normalized spacial score (nSPS) is 17.4. The summed E-state index contributed by atoms with van der Waals surface area (Å²) in [5.41, 5.74) is 2.09. The van der Waals surface area contributed by atoms with Crippen LogP contribution in [-0.4, -0.2) is 11.6 Å². The smallest absolute Gasteiger partial charge is 0.177 e. The molecule has 1 aromatic heterocycles. The molecule has 0 saturated heterocycles. The molecule has 3 rings (SSSR count). The van der Waals surface area contributed by atoms with Crippen molar-refractivity contribution in [2.75, 3.05) is 0 Å². The molecule has 1 heterocycles. The third-order valence-electron chi connectivity index (χ3n) is 3.73. The molecular formula is C16H13BrO3. The lowest BCUT2D eigenvalue weighted by molar-refractivity contribution is 0.0821. The predicted octanol–water partition coefficient (Wildman–Crippen LogP) is 3.90. The Morgan fingerprint density at radius 2 is 2.10 bits per heavy atom. The van der Waals surface area contributed by atoms with Crippen molar-refractivity contribution in [3.05, 3.63) is 56.9 Å². The van der Waals surface area contributed by atoms with Gasteiger partial charge in [-0.25, -0.2) is 0 Å². The maximum Gasteiger partial charge on any atom is 0.177 e. The molecular weight excluding hydrogens is 320 g/mol. The first kappa shape index (κ1) is 13.3. The van der Waals surface area contributed by atoms with Crippen LogP contribution in [0.4, 0.5) is 0 Å². The lowest BCUT2D eigenvalue weighted by atomic mass is 9.94. The number of hydrogen-bond donors (Lipinski definition) is 0. The van der Waals surface area contributed by atoms with Crippen LogP contribution >= 0.6 is 15.9 Å². The van der Waals surface area contributed by atoms with Gasteiger partial charge in [-0.2, -0.15) is 0 Å². The molecule has 0 N–H and O–H groups in total. The van der Waals surface area contributed by atoms with Gasteiger partial charge in [-0.3, -0.25) is 9.59 Å². The molecule has 1 aliphatic carbocycles. The molecule has 0 fully saturated rings. The molecule has 0 bridgehead atoms. The molecule has 0 spiro atoms. The zero-order valence-corrected chi connectivity index (χ0v) is 12.8. The van der Waals surface area contributed by atoms with Crippen LogP contribution < -0.4 is 0 Å². The number of carbonyl (C=O) groups excluding carboxylic acids is 2. The van der Waals surface area contributed by atoms with Crippen molar-refractivity contribution in [1.29, 1.82) is 0 Å². The highest BCUT2D eigenvalue weighted by molar-refractivity contribution is 9.10. The number of benzene rings is 1. The Labute approximate surface area is 125 Å². The third kappa shape index (κ3) is 1.95. The minimum Gasteiger partial charge on any atom is -0.466 e. The van der Waals surface area contributed by atoms with E-state index in [9.17, 15) is 9.59 Å². The summed E-state index contributed by atoms with van der Waals surface area (Å²) in [5, 5.41) is 0. The van der Waals surface area contributed by atoms with Crippen LogP contribution in [-0.2, 0) is 6.42 Å². The van der Waals surface area contributed by atoms with E-state index in [1.54, 1.807) is 26.0 Å². The monoisotopic (exact) mass is 332 g/mol. The van der Waals surface area contributed by atoms with Gasteiger partial charge in [0.05, 0.1) is 11.5 Å². The van der Waals surface area contributed by atoms with Crippen molar-refractivity contribution >= 4 is 27.5 Å². The van der Waals surface area contributed by atoms with E-state index >= 15 is 0 Å². The maximum absolute atomic E-state index is 12.6. The lowest BCUT2D eigenvalue weighted by Crippen LogP contribution is -2.21. The van der Waals surface area contributed by atoms with Gasteiger partial charge in [-0.15, -0.1) is 0 Å². The second-order valence-corrected chi connectivity index (χ2v) is 5.93. The molecule has 1 unspecified atom stereocenters. The third-order valence-corrected chi connectivity index (χ3v) is 4.47. The molecule has 0 radical (unpaired) electrons. The fourth-order valence-electron chi connectivity index (χ4n) is 2.76. The first-order valence-electron chi connectivity index (χ1n) is 6.42. The van der Waals surface area contributed by atoms with Crippen LogP contribution in [0.25, 0.3) is 0 Å². The second-order valence-electron chi connectivity index (χ2n) is 5.08. The van der Waals surface area contributed by atoms with Crippen molar-refractivity contribution in [1.82, 2.24) is 0 Å². The van der Waals surface area contributed by atoms with Crippen molar-refractivity contribution in [2.45, 2.75) is 20.3 Å². The summed E-state index contributed by atoms with van der Waals surface area (Å²) in [7, 11) is 0. The number of ketones is 2. The Morgan fingerprint density at radius 1 is 1.35 bits per heavy atom. The van der Waals surface area contributed by atoms with E-state index in [1.807, 2.05) is 12.1 Å². The summed E-state index contributed by atoms with van der Waals surface area (Å²) in [6.07, 6.45) is 0.456. The number of carbonyl (C=O) groups is 2. The first-order chi connectivity index (χ1) is 9.49. The van der Waals surface area contributed by atoms with Crippen LogP contribution in [0.3, 0.4) is 0 Å². The van der Waals surface area contributed by atoms with E-state index < -0.39 is 5.92 Å². The molecule has 4 heteroatoms. The summed E-state index contributed by atoms with van der Waals surface area (Å²) >= 11 is 3.44.